The first-order chi connectivity index (χ1) is 8.10. The van der Waals surface area contributed by atoms with Crippen LogP contribution in [0.5, 0.6) is 0 Å². The van der Waals surface area contributed by atoms with Gasteiger partial charge >= 0.3 is 110 Å². The average Bonchev–Trinajstić information content (AvgIpc) is 2.30. The SMILES string of the molecule is CCC[CH2][Ge]([CH2]CCC)([CH2]CCC)[O]C(C)=O. The predicted octanol–water partition coefficient (Wildman–Crippen LogP) is 4.90. The molecule has 0 atom stereocenters. The predicted molar refractivity (Wildman–Crippen MR) is 76.7 cm³/mol. The zero-order valence-corrected chi connectivity index (χ0v) is 14.3. The molecule has 0 spiro atoms. The zero-order valence-electron chi connectivity index (χ0n) is 12.2. The second kappa shape index (κ2) is 9.98. The van der Waals surface area contributed by atoms with E-state index >= 15 is 0 Å². The molecule has 0 rings (SSSR count). The van der Waals surface area contributed by atoms with E-state index in [2.05, 4.69) is 20.8 Å². The minimum absolute atomic E-state index is 0.0340. The first kappa shape index (κ1) is 17.0. The van der Waals surface area contributed by atoms with Crippen molar-refractivity contribution in [1.82, 2.24) is 0 Å². The second-order valence-corrected chi connectivity index (χ2v) is 13.6. The Balaban J connectivity index is 4.56. The molecule has 0 unspecified atom stereocenters. The molecule has 102 valence electrons. The first-order valence-electron chi connectivity index (χ1n) is 7.29. The van der Waals surface area contributed by atoms with Crippen molar-refractivity contribution in [1.29, 1.82) is 0 Å². The van der Waals surface area contributed by atoms with Gasteiger partial charge in [0.15, 0.2) is 0 Å². The van der Waals surface area contributed by atoms with E-state index in [9.17, 15) is 4.79 Å². The van der Waals surface area contributed by atoms with Crippen LogP contribution in [0.1, 0.15) is 66.2 Å². The van der Waals surface area contributed by atoms with E-state index in [1.807, 2.05) is 0 Å². The van der Waals surface area contributed by atoms with E-state index in [0.717, 1.165) is 0 Å². The summed E-state index contributed by atoms with van der Waals surface area (Å²) in [6.07, 6.45) is 7.35. The average molecular weight is 303 g/mol. The van der Waals surface area contributed by atoms with Crippen molar-refractivity contribution in [3.05, 3.63) is 0 Å². The Labute approximate surface area is 110 Å². The molecule has 0 aromatic rings. The van der Waals surface area contributed by atoms with E-state index in [1.165, 1.54) is 54.3 Å². The topological polar surface area (TPSA) is 26.3 Å². The van der Waals surface area contributed by atoms with Gasteiger partial charge < -0.3 is 0 Å². The number of carbonyl (C=O) groups excluding carboxylic acids is 1. The van der Waals surface area contributed by atoms with Crippen molar-refractivity contribution in [2.45, 2.75) is 82.0 Å². The molecular weight excluding hydrogens is 273 g/mol. The molecule has 0 heterocycles. The Kier molecular flexibility index (Phi) is 9.99. The summed E-state index contributed by atoms with van der Waals surface area (Å²) in [6, 6.07) is 0. The number of hydrogen-bond acceptors (Lipinski definition) is 2. The normalized spacial score (nSPS) is 11.5. The maximum atomic E-state index is 11.4. The third kappa shape index (κ3) is 7.85. The molecular formula is C14H30GeO2. The van der Waals surface area contributed by atoms with Crippen molar-refractivity contribution in [2.75, 3.05) is 0 Å². The Morgan fingerprint density at radius 1 is 0.882 bits per heavy atom. The second-order valence-electron chi connectivity index (χ2n) is 5.09. The molecule has 17 heavy (non-hydrogen) atoms. The van der Waals surface area contributed by atoms with Crippen LogP contribution >= 0.6 is 0 Å². The molecule has 0 aliphatic carbocycles. The number of hydrogen-bond donors (Lipinski definition) is 0. The molecule has 0 aromatic heterocycles. The molecule has 0 aromatic carbocycles. The van der Waals surface area contributed by atoms with Gasteiger partial charge in [-0.3, -0.25) is 0 Å². The van der Waals surface area contributed by atoms with E-state index < -0.39 is 13.6 Å². The van der Waals surface area contributed by atoms with E-state index in [4.69, 9.17) is 3.76 Å². The van der Waals surface area contributed by atoms with E-state index in [-0.39, 0.29) is 5.97 Å². The van der Waals surface area contributed by atoms with Crippen molar-refractivity contribution in [2.24, 2.45) is 0 Å². The fourth-order valence-corrected chi connectivity index (χ4v) is 12.1. The summed E-state index contributed by atoms with van der Waals surface area (Å²) in [5.74, 6) is -0.0340. The van der Waals surface area contributed by atoms with Crippen molar-refractivity contribution in [3.8, 4) is 0 Å². The molecule has 0 fully saturated rings. The third-order valence-corrected chi connectivity index (χ3v) is 12.8. The number of rotatable bonds is 10. The summed E-state index contributed by atoms with van der Waals surface area (Å²) in [5.41, 5.74) is 0. The Morgan fingerprint density at radius 2 is 1.24 bits per heavy atom. The summed E-state index contributed by atoms with van der Waals surface area (Å²) in [6.45, 7) is 8.26. The first-order valence-corrected chi connectivity index (χ1v) is 12.6. The van der Waals surface area contributed by atoms with Gasteiger partial charge in [0.05, 0.1) is 0 Å². The summed E-state index contributed by atoms with van der Waals surface area (Å²) in [4.78, 5) is 11.4. The van der Waals surface area contributed by atoms with Crippen LogP contribution in [0.15, 0.2) is 0 Å². The van der Waals surface area contributed by atoms with Crippen LogP contribution in [0.3, 0.4) is 0 Å². The van der Waals surface area contributed by atoms with Crippen LogP contribution in [0.2, 0.25) is 15.8 Å². The summed E-state index contributed by atoms with van der Waals surface area (Å²) < 4.78 is 5.89. The molecule has 0 bridgehead atoms. The summed E-state index contributed by atoms with van der Waals surface area (Å²) >= 11 is -2.33. The monoisotopic (exact) mass is 304 g/mol. The molecule has 0 saturated carbocycles. The zero-order chi connectivity index (χ0) is 13.1. The Bertz CT molecular complexity index is 183. The van der Waals surface area contributed by atoms with Crippen LogP contribution in [0, 0.1) is 0 Å². The van der Waals surface area contributed by atoms with Crippen LogP contribution in [0.25, 0.3) is 0 Å². The van der Waals surface area contributed by atoms with Crippen molar-refractivity contribution in [3.63, 3.8) is 0 Å². The van der Waals surface area contributed by atoms with Gasteiger partial charge in [-0.15, -0.1) is 0 Å². The molecule has 0 N–H and O–H groups in total. The molecule has 2 nitrogen and oxygen atoms in total. The fourth-order valence-electron chi connectivity index (χ4n) is 2.33. The molecule has 0 aliphatic heterocycles. The summed E-state index contributed by atoms with van der Waals surface area (Å²) in [5, 5.41) is 3.66. The standard InChI is InChI=1S/C14H30GeO2/c1-5-8-11-15(12-9-6-2,13-10-7-3)17-14(4)16/h5-13H2,1-4H3. The Hall–Kier alpha value is 0.0129. The quantitative estimate of drug-likeness (QED) is 0.537. The molecule has 0 saturated heterocycles. The van der Waals surface area contributed by atoms with Gasteiger partial charge in [0.25, 0.3) is 0 Å². The third-order valence-electron chi connectivity index (χ3n) is 3.32. The van der Waals surface area contributed by atoms with Gasteiger partial charge in [0, 0.05) is 0 Å². The molecule has 0 amide bonds. The van der Waals surface area contributed by atoms with E-state index in [0.29, 0.717) is 0 Å². The van der Waals surface area contributed by atoms with Gasteiger partial charge in [-0.2, -0.15) is 0 Å². The van der Waals surface area contributed by atoms with Gasteiger partial charge in [-0.25, -0.2) is 0 Å². The minimum atomic E-state index is -2.33. The molecule has 0 radical (unpaired) electrons. The van der Waals surface area contributed by atoms with Gasteiger partial charge in [0.2, 0.25) is 0 Å². The maximum absolute atomic E-state index is 11.4. The summed E-state index contributed by atoms with van der Waals surface area (Å²) in [7, 11) is 0. The van der Waals surface area contributed by atoms with Gasteiger partial charge in [-0.05, 0) is 0 Å². The molecule has 3 heteroatoms. The van der Waals surface area contributed by atoms with Crippen LogP contribution in [-0.2, 0) is 8.56 Å². The molecule has 0 aliphatic rings. The Morgan fingerprint density at radius 3 is 1.47 bits per heavy atom. The van der Waals surface area contributed by atoms with Gasteiger partial charge in [-0.1, -0.05) is 0 Å². The van der Waals surface area contributed by atoms with Crippen LogP contribution < -0.4 is 0 Å². The van der Waals surface area contributed by atoms with Crippen LogP contribution in [-0.4, -0.2) is 19.6 Å². The van der Waals surface area contributed by atoms with Crippen LogP contribution in [0.4, 0.5) is 0 Å². The van der Waals surface area contributed by atoms with Crippen molar-refractivity contribution >= 4 is 19.6 Å². The number of unbranched alkanes of at least 4 members (excludes halogenated alkanes) is 3. The fraction of sp³-hybridized carbons (Fsp3) is 0.929. The van der Waals surface area contributed by atoms with E-state index in [1.54, 1.807) is 6.92 Å². The van der Waals surface area contributed by atoms with Gasteiger partial charge in [0.1, 0.15) is 0 Å². The van der Waals surface area contributed by atoms with Crippen molar-refractivity contribution < 1.29 is 8.56 Å². The number of carbonyl (C=O) groups is 1.